The lowest BCUT2D eigenvalue weighted by Gasteiger charge is -2.17. The van der Waals surface area contributed by atoms with Gasteiger partial charge in [0.25, 0.3) is 0 Å². The van der Waals surface area contributed by atoms with Gasteiger partial charge in [0.2, 0.25) is 5.91 Å². The molecule has 6 nitrogen and oxygen atoms in total. The van der Waals surface area contributed by atoms with E-state index in [-0.39, 0.29) is 5.91 Å². The number of carbonyl (C=O) groups is 2. The lowest BCUT2D eigenvalue weighted by Crippen LogP contribution is -2.70. The fourth-order valence-corrected chi connectivity index (χ4v) is 0.985. The minimum absolute atomic E-state index is 0.340. The Labute approximate surface area is 68.4 Å². The fourth-order valence-electron chi connectivity index (χ4n) is 0.985. The van der Waals surface area contributed by atoms with Crippen molar-refractivity contribution in [3.63, 3.8) is 0 Å². The zero-order valence-electron chi connectivity index (χ0n) is 6.36. The first kappa shape index (κ1) is 8.66. The fraction of sp³-hybridized carbons (Fsp3) is 0.500. The summed E-state index contributed by atoms with van der Waals surface area (Å²) in [5.41, 5.74) is 5.58. The quantitative estimate of drug-likeness (QED) is 0.440. The van der Waals surface area contributed by atoms with Gasteiger partial charge in [-0.05, 0) is 0 Å². The summed E-state index contributed by atoms with van der Waals surface area (Å²) < 4.78 is 0. The van der Waals surface area contributed by atoms with Crippen LogP contribution in [0, 0.1) is 5.92 Å². The van der Waals surface area contributed by atoms with E-state index in [9.17, 15) is 9.59 Å². The van der Waals surface area contributed by atoms with Gasteiger partial charge in [-0.15, -0.1) is 0 Å². The van der Waals surface area contributed by atoms with E-state index >= 15 is 0 Å². The molecular formula is C6H10N3O3+. The highest BCUT2D eigenvalue weighted by atomic mass is 16.4. The van der Waals surface area contributed by atoms with Crippen molar-refractivity contribution >= 4 is 18.1 Å². The van der Waals surface area contributed by atoms with Gasteiger partial charge in [-0.25, -0.2) is 10.2 Å². The van der Waals surface area contributed by atoms with Gasteiger partial charge in [0.1, 0.15) is 5.92 Å². The van der Waals surface area contributed by atoms with E-state index in [0.29, 0.717) is 6.42 Å². The molecule has 0 saturated carbocycles. The Hall–Kier alpha value is -1.43. The molecule has 0 bridgehead atoms. The number of rotatable bonds is 2. The minimum atomic E-state index is -1.06. The third kappa shape index (κ3) is 1.59. The van der Waals surface area contributed by atoms with Crippen molar-refractivity contribution in [3.8, 4) is 0 Å². The van der Waals surface area contributed by atoms with Gasteiger partial charge in [-0.2, -0.15) is 5.10 Å². The molecule has 1 rings (SSSR count). The number of carboxylic acids is 1. The second-order valence-corrected chi connectivity index (χ2v) is 2.57. The summed E-state index contributed by atoms with van der Waals surface area (Å²) in [7, 11) is 0. The molecule has 5 N–H and O–H groups in total. The van der Waals surface area contributed by atoms with Crippen molar-refractivity contribution in [2.45, 2.75) is 12.5 Å². The Kier molecular flexibility index (Phi) is 2.39. The predicted molar refractivity (Wildman–Crippen MR) is 39.1 cm³/mol. The number of nitrogens with zero attached hydrogens (tertiary/aromatic N) is 1. The van der Waals surface area contributed by atoms with Crippen LogP contribution in [-0.2, 0) is 9.59 Å². The van der Waals surface area contributed by atoms with Crippen molar-refractivity contribution in [3.05, 3.63) is 0 Å². The minimum Gasteiger partial charge on any atom is -0.477 e. The third-order valence-electron chi connectivity index (χ3n) is 1.77. The molecule has 0 saturated heterocycles. The molecule has 0 aromatic rings. The highest BCUT2D eigenvalue weighted by Crippen LogP contribution is 2.07. The lowest BCUT2D eigenvalue weighted by molar-refractivity contribution is -0.416. The summed E-state index contributed by atoms with van der Waals surface area (Å²) in [6.07, 6.45) is 1.82. The van der Waals surface area contributed by atoms with Crippen molar-refractivity contribution in [1.82, 2.24) is 5.43 Å². The maximum Gasteiger partial charge on any atom is 0.363 e. The van der Waals surface area contributed by atoms with Crippen LogP contribution >= 0.6 is 0 Å². The second kappa shape index (κ2) is 3.31. The number of amides is 1. The van der Waals surface area contributed by atoms with Gasteiger partial charge in [0, 0.05) is 12.6 Å². The van der Waals surface area contributed by atoms with E-state index < -0.39 is 17.9 Å². The highest BCUT2D eigenvalue weighted by molar-refractivity contribution is 5.89. The Morgan fingerprint density at radius 1 is 1.92 bits per heavy atom. The maximum atomic E-state index is 11.0. The first-order valence-electron chi connectivity index (χ1n) is 3.50. The molecule has 1 aliphatic rings. The summed E-state index contributed by atoms with van der Waals surface area (Å²) in [6.45, 7) is 0. The largest absolute Gasteiger partial charge is 0.477 e. The van der Waals surface area contributed by atoms with E-state index in [1.165, 1.54) is 6.21 Å². The van der Waals surface area contributed by atoms with Gasteiger partial charge in [-0.3, -0.25) is 4.79 Å². The number of hydrogen-bond acceptors (Lipinski definition) is 3. The molecule has 0 unspecified atom stereocenters. The van der Waals surface area contributed by atoms with Crippen LogP contribution in [0.15, 0.2) is 5.10 Å². The number of aliphatic carboxylic acids is 1. The van der Waals surface area contributed by atoms with E-state index in [4.69, 9.17) is 5.11 Å². The molecule has 0 fully saturated rings. The monoisotopic (exact) mass is 172 g/mol. The lowest BCUT2D eigenvalue weighted by atomic mass is 9.96. The molecule has 1 amide bonds. The van der Waals surface area contributed by atoms with Crippen LogP contribution in [-0.4, -0.2) is 29.2 Å². The summed E-state index contributed by atoms with van der Waals surface area (Å²) >= 11 is 0. The average molecular weight is 172 g/mol. The van der Waals surface area contributed by atoms with E-state index in [0.717, 1.165) is 0 Å². The molecule has 1 heterocycles. The molecule has 0 spiro atoms. The van der Waals surface area contributed by atoms with Gasteiger partial charge in [0.05, 0.1) is 0 Å². The van der Waals surface area contributed by atoms with Crippen LogP contribution in [0.3, 0.4) is 0 Å². The molecule has 1 aliphatic heterocycles. The standard InChI is InChI=1S/C6H9N3O3/c7-4(6(11)12)3-1-2-8-9-5(3)10/h2-4H,1,7H2,(H,9,10)(H,11,12)/p+1/t3-,4+/m1/s1. The Morgan fingerprint density at radius 2 is 2.58 bits per heavy atom. The summed E-state index contributed by atoms with van der Waals surface area (Å²) in [6, 6.07) is -0.906. The van der Waals surface area contributed by atoms with Crippen LogP contribution in [0.25, 0.3) is 0 Å². The van der Waals surface area contributed by atoms with Gasteiger partial charge in [0.15, 0.2) is 6.04 Å². The number of carbonyl (C=O) groups excluding carboxylic acids is 1. The normalized spacial score (nSPS) is 24.8. The molecule has 0 radical (unpaired) electrons. The van der Waals surface area contributed by atoms with Crippen molar-refractivity contribution in [2.75, 3.05) is 0 Å². The van der Waals surface area contributed by atoms with Gasteiger partial charge in [-0.1, -0.05) is 0 Å². The van der Waals surface area contributed by atoms with E-state index in [1.54, 1.807) is 0 Å². The second-order valence-electron chi connectivity index (χ2n) is 2.57. The Bertz CT molecular complexity index is 238. The van der Waals surface area contributed by atoms with Crippen LogP contribution in [0.2, 0.25) is 0 Å². The van der Waals surface area contributed by atoms with E-state index in [1.807, 2.05) is 0 Å². The Morgan fingerprint density at radius 3 is 3.08 bits per heavy atom. The van der Waals surface area contributed by atoms with Crippen LogP contribution < -0.4 is 11.2 Å². The van der Waals surface area contributed by atoms with Crippen LogP contribution in [0.1, 0.15) is 6.42 Å². The first-order valence-corrected chi connectivity index (χ1v) is 3.50. The van der Waals surface area contributed by atoms with E-state index in [2.05, 4.69) is 16.3 Å². The molecule has 0 aliphatic carbocycles. The zero-order valence-corrected chi connectivity index (χ0v) is 6.36. The molecule has 12 heavy (non-hydrogen) atoms. The van der Waals surface area contributed by atoms with Crippen LogP contribution in [0.5, 0.6) is 0 Å². The number of hydrogen-bond donors (Lipinski definition) is 3. The Balaban J connectivity index is 2.68. The number of carboxylic acid groups (broad SMARTS) is 1. The highest BCUT2D eigenvalue weighted by Gasteiger charge is 2.34. The van der Waals surface area contributed by atoms with Crippen LogP contribution in [0.4, 0.5) is 0 Å². The number of quaternary nitrogens is 1. The van der Waals surface area contributed by atoms with Crippen molar-refractivity contribution in [1.29, 1.82) is 0 Å². The molecular weight excluding hydrogens is 162 g/mol. The smallest absolute Gasteiger partial charge is 0.363 e. The number of nitrogens with one attached hydrogen (secondary N) is 1. The first-order chi connectivity index (χ1) is 5.63. The molecule has 66 valence electrons. The molecule has 2 atom stereocenters. The summed E-state index contributed by atoms with van der Waals surface area (Å²) in [5, 5.41) is 12.1. The summed E-state index contributed by atoms with van der Waals surface area (Å²) in [5.74, 6) is -2.04. The maximum absolute atomic E-state index is 11.0. The average Bonchev–Trinajstić information content (AvgIpc) is 2.04. The number of hydrazone groups is 1. The SMILES string of the molecule is [NH3+][C@H](C(=O)O)[C@H]1CC=NNC1=O. The zero-order chi connectivity index (χ0) is 9.14. The predicted octanol–water partition coefficient (Wildman–Crippen LogP) is -2.20. The van der Waals surface area contributed by atoms with Crippen molar-refractivity contribution < 1.29 is 20.4 Å². The molecule has 6 heteroatoms. The molecule has 0 aromatic carbocycles. The van der Waals surface area contributed by atoms with Crippen molar-refractivity contribution in [2.24, 2.45) is 11.0 Å². The topological polar surface area (TPSA) is 106 Å². The molecule has 0 aromatic heterocycles. The van der Waals surface area contributed by atoms with Gasteiger partial charge >= 0.3 is 5.97 Å². The summed E-state index contributed by atoms with van der Waals surface area (Å²) in [4.78, 5) is 21.5. The van der Waals surface area contributed by atoms with Gasteiger partial charge < -0.3 is 10.8 Å². The third-order valence-corrected chi connectivity index (χ3v) is 1.77.